The third-order valence-corrected chi connectivity index (χ3v) is 1.45. The van der Waals surface area contributed by atoms with Crippen LogP contribution in [0, 0.1) is 0 Å². The minimum Gasteiger partial charge on any atom is -0.261 e. The molecule has 0 aliphatic carbocycles. The molecule has 4 nitrogen and oxygen atoms in total. The van der Waals surface area contributed by atoms with Gasteiger partial charge in [-0.3, -0.25) is 5.84 Å². The van der Waals surface area contributed by atoms with Crippen molar-refractivity contribution in [3.63, 3.8) is 0 Å². The first-order valence-electron chi connectivity index (χ1n) is 3.51. The summed E-state index contributed by atoms with van der Waals surface area (Å²) >= 11 is 1.23. The van der Waals surface area contributed by atoms with E-state index < -0.39 is 0 Å². The Balaban J connectivity index is 2.65. The van der Waals surface area contributed by atoms with Gasteiger partial charge in [0.15, 0.2) is 0 Å². The maximum absolute atomic E-state index is 4.98. The summed E-state index contributed by atoms with van der Waals surface area (Å²) in [6, 6.07) is 0. The molecule has 0 rings (SSSR count). The van der Waals surface area contributed by atoms with E-state index in [0.717, 1.165) is 6.54 Å². The Morgan fingerprint density at radius 1 is 1.40 bits per heavy atom. The van der Waals surface area contributed by atoms with Crippen molar-refractivity contribution in [2.24, 2.45) is 5.84 Å². The van der Waals surface area contributed by atoms with Gasteiger partial charge in [-0.15, -0.1) is 0 Å². The molecule has 0 aromatic rings. The van der Waals surface area contributed by atoms with E-state index >= 15 is 0 Å². The van der Waals surface area contributed by atoms with Gasteiger partial charge in [-0.1, -0.05) is 19.8 Å². The summed E-state index contributed by atoms with van der Waals surface area (Å²) in [5, 5.41) is 0. The molecule has 10 heavy (non-hydrogen) atoms. The molecular formula is C5H16N4S. The van der Waals surface area contributed by atoms with Crippen LogP contribution in [-0.4, -0.2) is 6.54 Å². The molecule has 0 bridgehead atoms. The second-order valence-electron chi connectivity index (χ2n) is 1.96. The normalized spacial score (nSPS) is 10.2. The molecule has 0 aromatic heterocycles. The molecule has 0 radical (unpaired) electrons. The predicted molar refractivity (Wildman–Crippen MR) is 45.6 cm³/mol. The van der Waals surface area contributed by atoms with Crippen LogP contribution in [-0.2, 0) is 0 Å². The van der Waals surface area contributed by atoms with Crippen molar-refractivity contribution < 1.29 is 0 Å². The van der Waals surface area contributed by atoms with E-state index in [0.29, 0.717) is 0 Å². The largest absolute Gasteiger partial charge is 0.261 e. The molecule has 0 atom stereocenters. The molecule has 0 heterocycles. The third kappa shape index (κ3) is 8.19. The number of hydrogen-bond donors (Lipinski definition) is 4. The summed E-state index contributed by atoms with van der Waals surface area (Å²) in [6.45, 7) is 3.17. The van der Waals surface area contributed by atoms with Crippen LogP contribution < -0.4 is 20.9 Å². The first-order chi connectivity index (χ1) is 4.91. The maximum Gasteiger partial charge on any atom is 0.0335 e. The van der Waals surface area contributed by atoms with E-state index in [4.69, 9.17) is 5.84 Å². The summed E-state index contributed by atoms with van der Waals surface area (Å²) in [7, 11) is 0. The fraction of sp³-hybridized carbons (Fsp3) is 1.00. The van der Waals surface area contributed by atoms with Gasteiger partial charge in [0.1, 0.15) is 0 Å². The van der Waals surface area contributed by atoms with Crippen molar-refractivity contribution in [2.45, 2.75) is 26.2 Å². The number of rotatable bonds is 7. The van der Waals surface area contributed by atoms with Crippen molar-refractivity contribution >= 4 is 12.1 Å². The molecule has 0 aliphatic heterocycles. The smallest absolute Gasteiger partial charge is 0.0335 e. The number of hydrogen-bond acceptors (Lipinski definition) is 5. The van der Waals surface area contributed by atoms with Gasteiger partial charge in [0, 0.05) is 18.7 Å². The SMILES string of the molecule is CCCCCNNSNN. The molecule has 0 aliphatic rings. The fourth-order valence-electron chi connectivity index (χ4n) is 0.580. The van der Waals surface area contributed by atoms with Crippen LogP contribution in [0.5, 0.6) is 0 Å². The van der Waals surface area contributed by atoms with Crippen molar-refractivity contribution in [2.75, 3.05) is 6.54 Å². The van der Waals surface area contributed by atoms with Crippen molar-refractivity contribution in [3.8, 4) is 0 Å². The second-order valence-corrected chi connectivity index (χ2v) is 2.60. The van der Waals surface area contributed by atoms with E-state index in [1.54, 1.807) is 0 Å². The number of nitrogens with one attached hydrogen (secondary N) is 3. The standard InChI is InChI=1S/C5H16N4S/c1-2-3-4-5-7-9-10-8-6/h7-9H,2-6H2,1H3. The first-order valence-corrected chi connectivity index (χ1v) is 4.32. The zero-order valence-electron chi connectivity index (χ0n) is 6.31. The van der Waals surface area contributed by atoms with Gasteiger partial charge in [0.05, 0.1) is 0 Å². The molecule has 62 valence electrons. The van der Waals surface area contributed by atoms with Gasteiger partial charge in [-0.2, -0.15) is 9.66 Å². The number of hydrazine groups is 2. The summed E-state index contributed by atoms with van der Waals surface area (Å²) in [5.74, 6) is 4.98. The lowest BCUT2D eigenvalue weighted by Crippen LogP contribution is -2.31. The predicted octanol–water partition coefficient (Wildman–Crippen LogP) is 0.297. The fourth-order valence-corrected chi connectivity index (χ4v) is 0.813. The Morgan fingerprint density at radius 3 is 2.80 bits per heavy atom. The number of unbranched alkanes of at least 4 members (excludes halogenated alkanes) is 2. The number of nitrogens with two attached hydrogens (primary N) is 1. The van der Waals surface area contributed by atoms with Gasteiger partial charge in [0.25, 0.3) is 0 Å². The molecule has 0 amide bonds. The molecular weight excluding hydrogens is 148 g/mol. The second kappa shape index (κ2) is 9.19. The Kier molecular flexibility index (Phi) is 9.36. The van der Waals surface area contributed by atoms with E-state index in [9.17, 15) is 0 Å². The minimum absolute atomic E-state index is 0.989. The lowest BCUT2D eigenvalue weighted by molar-refractivity contribution is 0.609. The molecule has 0 aromatic carbocycles. The molecule has 0 fully saturated rings. The van der Waals surface area contributed by atoms with E-state index in [1.807, 2.05) is 0 Å². The quantitative estimate of drug-likeness (QED) is 0.189. The third-order valence-electron chi connectivity index (χ3n) is 1.09. The highest BCUT2D eigenvalue weighted by molar-refractivity contribution is 7.95. The van der Waals surface area contributed by atoms with Crippen LogP contribution in [0.3, 0.4) is 0 Å². The summed E-state index contributed by atoms with van der Waals surface area (Å²) in [5.41, 5.74) is 2.99. The topological polar surface area (TPSA) is 62.1 Å². The first kappa shape index (κ1) is 10.2. The zero-order chi connectivity index (χ0) is 7.66. The van der Waals surface area contributed by atoms with Crippen LogP contribution in [0.4, 0.5) is 0 Å². The van der Waals surface area contributed by atoms with E-state index in [2.05, 4.69) is 22.0 Å². The van der Waals surface area contributed by atoms with Crippen molar-refractivity contribution in [1.29, 1.82) is 0 Å². The molecule has 5 N–H and O–H groups in total. The molecule has 5 heteroatoms. The highest BCUT2D eigenvalue weighted by Crippen LogP contribution is 1.90. The van der Waals surface area contributed by atoms with Crippen LogP contribution in [0.15, 0.2) is 0 Å². The molecule has 0 saturated heterocycles. The van der Waals surface area contributed by atoms with E-state index in [1.165, 1.54) is 31.4 Å². The summed E-state index contributed by atoms with van der Waals surface area (Å²) < 4.78 is 0. The Morgan fingerprint density at radius 2 is 2.20 bits per heavy atom. The maximum atomic E-state index is 4.98. The highest BCUT2D eigenvalue weighted by atomic mass is 32.2. The van der Waals surface area contributed by atoms with Gasteiger partial charge >= 0.3 is 0 Å². The zero-order valence-corrected chi connectivity index (χ0v) is 7.13. The summed E-state index contributed by atoms with van der Waals surface area (Å²) in [6.07, 6.45) is 3.73. The lowest BCUT2D eigenvalue weighted by atomic mass is 10.3. The van der Waals surface area contributed by atoms with Gasteiger partial charge in [-0.25, -0.2) is 5.43 Å². The molecule has 0 unspecified atom stereocenters. The van der Waals surface area contributed by atoms with Crippen LogP contribution >= 0.6 is 12.1 Å². The van der Waals surface area contributed by atoms with Gasteiger partial charge < -0.3 is 0 Å². The Bertz CT molecular complexity index is 53.6. The van der Waals surface area contributed by atoms with Crippen LogP contribution in [0.2, 0.25) is 0 Å². The monoisotopic (exact) mass is 164 g/mol. The van der Waals surface area contributed by atoms with Crippen LogP contribution in [0.25, 0.3) is 0 Å². The molecule has 0 saturated carbocycles. The lowest BCUT2D eigenvalue weighted by Gasteiger charge is -2.02. The van der Waals surface area contributed by atoms with E-state index in [-0.39, 0.29) is 0 Å². The minimum atomic E-state index is 0.989. The van der Waals surface area contributed by atoms with Crippen molar-refractivity contribution in [3.05, 3.63) is 0 Å². The van der Waals surface area contributed by atoms with Gasteiger partial charge in [-0.05, 0) is 6.42 Å². The average Bonchev–Trinajstić information content (AvgIpc) is 1.97. The van der Waals surface area contributed by atoms with Gasteiger partial charge in [0.2, 0.25) is 0 Å². The Labute approximate surface area is 66.5 Å². The molecule has 0 spiro atoms. The van der Waals surface area contributed by atoms with Crippen molar-refractivity contribution in [1.82, 2.24) is 15.1 Å². The van der Waals surface area contributed by atoms with Crippen LogP contribution in [0.1, 0.15) is 26.2 Å². The Hall–Kier alpha value is 0.190. The highest BCUT2D eigenvalue weighted by Gasteiger charge is 1.84. The average molecular weight is 164 g/mol. The summed E-state index contributed by atoms with van der Waals surface area (Å²) in [4.78, 5) is 5.23.